The number of rotatable bonds is 5. The number of carboxylic acid groups (broad SMARTS) is 1. The number of halogens is 3. The number of anilines is 2. The molecular weight excluding hydrogens is 553 g/mol. The maximum absolute atomic E-state index is 10.6. The molecule has 0 bridgehead atoms. The summed E-state index contributed by atoms with van der Waals surface area (Å²) in [5.74, 6) is -1.66. The van der Waals surface area contributed by atoms with E-state index in [9.17, 15) is 13.2 Å². The van der Waals surface area contributed by atoms with E-state index in [1.165, 1.54) is 0 Å². The number of carboxylic acids is 1. The summed E-state index contributed by atoms with van der Waals surface area (Å²) in [7, 11) is 1.88. The highest BCUT2D eigenvalue weighted by Crippen LogP contribution is 2.22. The highest BCUT2D eigenvalue weighted by atomic mass is 19.4. The molecule has 0 radical (unpaired) electrons. The normalized spacial score (nSPS) is 11.2. The lowest BCUT2D eigenvalue weighted by molar-refractivity contribution is -0.192. The van der Waals surface area contributed by atoms with Gasteiger partial charge in [-0.05, 0) is 55.5 Å². The Morgan fingerprint density at radius 2 is 1.67 bits per heavy atom. The van der Waals surface area contributed by atoms with Crippen molar-refractivity contribution in [2.45, 2.75) is 13.1 Å². The topological polar surface area (TPSA) is 149 Å². The number of alkyl halides is 3. The van der Waals surface area contributed by atoms with E-state index >= 15 is 0 Å². The molecule has 12 nitrogen and oxygen atoms in total. The lowest BCUT2D eigenvalue weighted by Crippen LogP contribution is -2.21. The summed E-state index contributed by atoms with van der Waals surface area (Å²) in [6, 6.07) is 15.6. The van der Waals surface area contributed by atoms with E-state index in [0.29, 0.717) is 17.4 Å². The van der Waals surface area contributed by atoms with Gasteiger partial charge < -0.3 is 10.4 Å². The number of hydrogen-bond donors (Lipinski definition) is 2. The highest BCUT2D eigenvalue weighted by Gasteiger charge is 2.38. The first kappa shape index (κ1) is 27.8. The molecule has 2 N–H and O–H groups in total. The average Bonchev–Trinajstić information content (AvgIpc) is 3.63. The zero-order valence-corrected chi connectivity index (χ0v) is 22.0. The number of aryl methyl sites for hydroxylation is 2. The Morgan fingerprint density at radius 3 is 2.31 bits per heavy atom. The molecule has 0 saturated carbocycles. The standard InChI is InChI=1S/C25H20N10.C2HF3O2/c1-16-3-4-17(11-26-16)23-28-15-35(33-23)21-8-6-20(7-9-21)30-25-27-12-18-5-10-22(31-24(18)32-25)19-13-29-34(2)14-19;3-2(4,5)1(6)7/h3-15H,1-2H3,(H,27,30,31,32);(H,6,7). The predicted octanol–water partition coefficient (Wildman–Crippen LogP) is 4.75. The molecule has 0 unspecified atom stereocenters. The minimum Gasteiger partial charge on any atom is -0.475 e. The van der Waals surface area contributed by atoms with Gasteiger partial charge in [0.15, 0.2) is 11.5 Å². The molecule has 0 aliphatic heterocycles. The fraction of sp³-hybridized carbons (Fsp3) is 0.111. The van der Waals surface area contributed by atoms with Gasteiger partial charge in [0.1, 0.15) is 6.33 Å². The van der Waals surface area contributed by atoms with Crippen molar-refractivity contribution in [2.24, 2.45) is 7.05 Å². The summed E-state index contributed by atoms with van der Waals surface area (Å²) >= 11 is 0. The number of aromatic nitrogens is 9. The van der Waals surface area contributed by atoms with Gasteiger partial charge in [0.2, 0.25) is 5.95 Å². The van der Waals surface area contributed by atoms with Crippen molar-refractivity contribution in [1.29, 1.82) is 0 Å². The van der Waals surface area contributed by atoms with E-state index in [0.717, 1.165) is 39.3 Å². The highest BCUT2D eigenvalue weighted by molar-refractivity contribution is 5.78. The Kier molecular flexibility index (Phi) is 7.55. The van der Waals surface area contributed by atoms with Gasteiger partial charge in [-0.15, -0.1) is 5.10 Å². The van der Waals surface area contributed by atoms with E-state index in [2.05, 4.69) is 40.4 Å². The van der Waals surface area contributed by atoms with Crippen molar-refractivity contribution in [3.05, 3.63) is 85.3 Å². The zero-order chi connectivity index (χ0) is 29.9. The van der Waals surface area contributed by atoms with Crippen LogP contribution in [0, 0.1) is 6.92 Å². The van der Waals surface area contributed by atoms with Crippen molar-refractivity contribution < 1.29 is 23.1 Å². The van der Waals surface area contributed by atoms with Crippen LogP contribution in [0.25, 0.3) is 39.4 Å². The summed E-state index contributed by atoms with van der Waals surface area (Å²) in [4.78, 5) is 31.3. The second-order valence-corrected chi connectivity index (χ2v) is 8.88. The van der Waals surface area contributed by atoms with E-state index in [-0.39, 0.29) is 0 Å². The number of benzene rings is 1. The summed E-state index contributed by atoms with van der Waals surface area (Å²) in [6.07, 6.45) is 3.85. The largest absolute Gasteiger partial charge is 0.490 e. The van der Waals surface area contributed by atoms with Gasteiger partial charge in [0, 0.05) is 53.5 Å². The molecule has 5 heterocycles. The third-order valence-electron chi connectivity index (χ3n) is 5.74. The third-order valence-corrected chi connectivity index (χ3v) is 5.74. The Hall–Kier alpha value is -5.73. The summed E-state index contributed by atoms with van der Waals surface area (Å²) in [6.45, 7) is 1.95. The Bertz CT molecular complexity index is 1850. The second kappa shape index (κ2) is 11.4. The van der Waals surface area contributed by atoms with Crippen LogP contribution >= 0.6 is 0 Å². The number of pyridine rings is 2. The van der Waals surface area contributed by atoms with Gasteiger partial charge in [-0.1, -0.05) is 0 Å². The summed E-state index contributed by atoms with van der Waals surface area (Å²) in [5, 5.41) is 20.0. The van der Waals surface area contributed by atoms with E-state index in [4.69, 9.17) is 9.90 Å². The van der Waals surface area contributed by atoms with Crippen molar-refractivity contribution in [3.63, 3.8) is 0 Å². The molecule has 5 aromatic heterocycles. The number of nitrogens with one attached hydrogen (secondary N) is 1. The monoisotopic (exact) mass is 574 g/mol. The minimum atomic E-state index is -5.08. The summed E-state index contributed by atoms with van der Waals surface area (Å²) < 4.78 is 35.2. The molecule has 212 valence electrons. The lowest BCUT2D eigenvalue weighted by Gasteiger charge is -2.07. The number of nitrogens with zero attached hydrogens (tertiary/aromatic N) is 9. The first-order chi connectivity index (χ1) is 20.0. The van der Waals surface area contributed by atoms with Crippen LogP contribution in [0.1, 0.15) is 5.69 Å². The number of hydrogen-bond acceptors (Lipinski definition) is 9. The molecule has 42 heavy (non-hydrogen) atoms. The summed E-state index contributed by atoms with van der Waals surface area (Å²) in [5.41, 5.74) is 5.93. The van der Waals surface area contributed by atoms with Crippen molar-refractivity contribution in [1.82, 2.24) is 44.5 Å². The van der Waals surface area contributed by atoms with Crippen LogP contribution in [-0.4, -0.2) is 61.7 Å². The van der Waals surface area contributed by atoms with E-state index in [1.807, 2.05) is 68.7 Å². The Labute approximate surface area is 235 Å². The molecule has 1 aromatic carbocycles. The van der Waals surface area contributed by atoms with Gasteiger partial charge in [-0.2, -0.15) is 23.3 Å². The smallest absolute Gasteiger partial charge is 0.475 e. The van der Waals surface area contributed by atoms with Crippen LogP contribution in [0.4, 0.5) is 24.8 Å². The average molecular weight is 575 g/mol. The van der Waals surface area contributed by atoms with Crippen molar-refractivity contribution in [3.8, 4) is 28.3 Å². The number of fused-ring (bicyclic) bond motifs is 1. The van der Waals surface area contributed by atoms with Crippen molar-refractivity contribution in [2.75, 3.05) is 5.32 Å². The van der Waals surface area contributed by atoms with Crippen LogP contribution in [-0.2, 0) is 11.8 Å². The molecule has 0 atom stereocenters. The molecule has 6 aromatic rings. The van der Waals surface area contributed by atoms with Gasteiger partial charge in [-0.3, -0.25) is 9.67 Å². The molecule has 15 heteroatoms. The van der Waals surface area contributed by atoms with Crippen LogP contribution in [0.15, 0.2) is 79.6 Å². The molecule has 0 aliphatic rings. The molecule has 0 saturated heterocycles. The van der Waals surface area contributed by atoms with Gasteiger partial charge in [-0.25, -0.2) is 24.4 Å². The van der Waals surface area contributed by atoms with Gasteiger partial charge in [0.05, 0.1) is 17.6 Å². The SMILES string of the molecule is Cc1ccc(-c2ncn(-c3ccc(Nc4ncc5ccc(-c6cnn(C)c6)nc5n4)cc3)n2)cn1.O=C(O)C(F)(F)F. The Balaban J connectivity index is 0.000000451. The zero-order valence-electron chi connectivity index (χ0n) is 22.0. The van der Waals surface area contributed by atoms with Gasteiger partial charge in [0.25, 0.3) is 0 Å². The van der Waals surface area contributed by atoms with E-state index < -0.39 is 12.1 Å². The first-order valence-corrected chi connectivity index (χ1v) is 12.2. The fourth-order valence-electron chi connectivity index (χ4n) is 3.63. The second-order valence-electron chi connectivity index (χ2n) is 8.88. The lowest BCUT2D eigenvalue weighted by atomic mass is 10.2. The van der Waals surface area contributed by atoms with Crippen LogP contribution in [0.2, 0.25) is 0 Å². The molecule has 0 fully saturated rings. The maximum Gasteiger partial charge on any atom is 0.490 e. The Morgan fingerprint density at radius 1 is 0.905 bits per heavy atom. The molecule has 0 aliphatic carbocycles. The van der Waals surface area contributed by atoms with Crippen molar-refractivity contribution >= 4 is 28.6 Å². The minimum absolute atomic E-state index is 0.469. The van der Waals surface area contributed by atoms with Crippen LogP contribution < -0.4 is 5.32 Å². The van der Waals surface area contributed by atoms with E-state index in [1.54, 1.807) is 34.3 Å². The molecular formula is C27H21F3N10O2. The van der Waals surface area contributed by atoms with Crippen LogP contribution in [0.5, 0.6) is 0 Å². The fourth-order valence-corrected chi connectivity index (χ4v) is 3.63. The molecule has 0 spiro atoms. The number of carbonyl (C=O) groups is 1. The quantitative estimate of drug-likeness (QED) is 0.295. The molecule has 6 rings (SSSR count). The maximum atomic E-state index is 10.6. The number of aliphatic carboxylic acids is 1. The first-order valence-electron chi connectivity index (χ1n) is 12.2. The molecule has 0 amide bonds. The third kappa shape index (κ3) is 6.52. The van der Waals surface area contributed by atoms with Gasteiger partial charge >= 0.3 is 12.1 Å². The van der Waals surface area contributed by atoms with Crippen LogP contribution in [0.3, 0.4) is 0 Å². The predicted molar refractivity (Wildman–Crippen MR) is 146 cm³/mol.